The molecule has 0 amide bonds. The van der Waals surface area contributed by atoms with Crippen molar-refractivity contribution >= 4 is 17.1 Å². The normalized spacial score (nSPS) is 11.2. The third-order valence-corrected chi connectivity index (χ3v) is 4.01. The maximum atomic E-state index is 13.8. The Morgan fingerprint density at radius 1 is 1.08 bits per heavy atom. The summed E-state index contributed by atoms with van der Waals surface area (Å²) < 4.78 is 24.8. The summed E-state index contributed by atoms with van der Waals surface area (Å²) in [6, 6.07) is 7.46. The number of benzene rings is 2. The van der Waals surface area contributed by atoms with Gasteiger partial charge in [0.25, 0.3) is 5.89 Å². The smallest absolute Gasteiger partial charge is 0.338 e. The maximum Gasteiger partial charge on any atom is 0.338 e. The molecule has 0 saturated heterocycles. The molecule has 0 bridgehead atoms. The van der Waals surface area contributed by atoms with Crippen molar-refractivity contribution in [1.82, 2.24) is 15.1 Å². The molecule has 0 saturated carbocycles. The molecule has 0 aliphatic carbocycles. The third-order valence-electron chi connectivity index (χ3n) is 4.01. The fraction of sp³-hybridized carbons (Fsp3) is 0.111. The summed E-state index contributed by atoms with van der Waals surface area (Å²) in [5.74, 6) is -1.91. The first-order valence-electron chi connectivity index (χ1n) is 7.68. The summed E-state index contributed by atoms with van der Waals surface area (Å²) in [5.41, 5.74) is 3.07. The number of nitrogens with zero attached hydrogens (tertiary/aromatic N) is 3. The molecule has 0 atom stereocenters. The first kappa shape index (κ1) is 15.9. The number of fused-ring (bicyclic) bond motifs is 1. The van der Waals surface area contributed by atoms with E-state index in [0.29, 0.717) is 11.1 Å². The highest BCUT2D eigenvalue weighted by atomic mass is 19.1. The zero-order chi connectivity index (χ0) is 18.4. The van der Waals surface area contributed by atoms with E-state index < -0.39 is 17.3 Å². The van der Waals surface area contributed by atoms with E-state index in [4.69, 9.17) is 14.0 Å². The van der Waals surface area contributed by atoms with E-state index >= 15 is 0 Å². The second kappa shape index (κ2) is 5.76. The zero-order valence-electron chi connectivity index (χ0n) is 13.8. The first-order chi connectivity index (χ1) is 12.4. The highest BCUT2D eigenvalue weighted by Crippen LogP contribution is 2.29. The molecule has 0 aliphatic heterocycles. The van der Waals surface area contributed by atoms with E-state index in [1.807, 2.05) is 26.0 Å². The minimum absolute atomic E-state index is 0.0534. The fourth-order valence-electron chi connectivity index (χ4n) is 2.61. The van der Waals surface area contributed by atoms with Crippen LogP contribution in [0.1, 0.15) is 21.5 Å². The van der Waals surface area contributed by atoms with Gasteiger partial charge in [-0.15, -0.1) is 0 Å². The van der Waals surface area contributed by atoms with E-state index in [2.05, 4.69) is 15.1 Å². The van der Waals surface area contributed by atoms with Gasteiger partial charge >= 0.3 is 11.9 Å². The van der Waals surface area contributed by atoms with Gasteiger partial charge in [0.1, 0.15) is 11.3 Å². The van der Waals surface area contributed by atoms with Crippen LogP contribution in [0.5, 0.6) is 0 Å². The van der Waals surface area contributed by atoms with Crippen LogP contribution in [-0.4, -0.2) is 26.2 Å². The molecule has 4 rings (SSSR count). The van der Waals surface area contributed by atoms with Crippen molar-refractivity contribution < 1.29 is 23.2 Å². The SMILES string of the molecule is Cc1ccc(C)c2oc(-c3nc(-c4ccc(C(=O)O)c(F)c4)no3)nc12. The van der Waals surface area contributed by atoms with Gasteiger partial charge in [-0.3, -0.25) is 0 Å². The van der Waals surface area contributed by atoms with Crippen LogP contribution in [0.15, 0.2) is 39.3 Å². The van der Waals surface area contributed by atoms with E-state index in [0.717, 1.165) is 23.3 Å². The fourth-order valence-corrected chi connectivity index (χ4v) is 2.61. The van der Waals surface area contributed by atoms with Gasteiger partial charge in [0.2, 0.25) is 5.82 Å². The van der Waals surface area contributed by atoms with Crippen molar-refractivity contribution in [3.63, 3.8) is 0 Å². The minimum atomic E-state index is -1.35. The topological polar surface area (TPSA) is 102 Å². The molecule has 0 fully saturated rings. The van der Waals surface area contributed by atoms with Crippen molar-refractivity contribution in [3.8, 4) is 23.2 Å². The average molecular weight is 353 g/mol. The summed E-state index contributed by atoms with van der Waals surface area (Å²) in [7, 11) is 0. The number of oxazole rings is 1. The van der Waals surface area contributed by atoms with Crippen molar-refractivity contribution in [3.05, 3.63) is 52.8 Å². The van der Waals surface area contributed by atoms with Gasteiger partial charge in [0.15, 0.2) is 5.58 Å². The Morgan fingerprint density at radius 2 is 1.85 bits per heavy atom. The van der Waals surface area contributed by atoms with Crippen molar-refractivity contribution in [1.29, 1.82) is 0 Å². The summed E-state index contributed by atoms with van der Waals surface area (Å²) >= 11 is 0. The quantitative estimate of drug-likeness (QED) is 0.594. The highest BCUT2D eigenvalue weighted by Gasteiger charge is 2.19. The van der Waals surface area contributed by atoms with Crippen LogP contribution >= 0.6 is 0 Å². The van der Waals surface area contributed by atoms with Gasteiger partial charge in [0, 0.05) is 5.56 Å². The molecular formula is C18H12FN3O4. The highest BCUT2D eigenvalue weighted by molar-refractivity contribution is 5.88. The molecule has 1 N–H and O–H groups in total. The lowest BCUT2D eigenvalue weighted by molar-refractivity contribution is 0.0692. The minimum Gasteiger partial charge on any atom is -0.478 e. The molecule has 2 heterocycles. The van der Waals surface area contributed by atoms with E-state index in [-0.39, 0.29) is 23.2 Å². The van der Waals surface area contributed by atoms with E-state index in [9.17, 15) is 9.18 Å². The number of aromatic carboxylic acids is 1. The monoisotopic (exact) mass is 353 g/mol. The number of carboxylic acid groups (broad SMARTS) is 1. The van der Waals surface area contributed by atoms with Crippen LogP contribution in [0.4, 0.5) is 4.39 Å². The molecule has 8 heteroatoms. The third kappa shape index (κ3) is 2.52. The van der Waals surface area contributed by atoms with Crippen molar-refractivity contribution in [2.75, 3.05) is 0 Å². The Morgan fingerprint density at radius 3 is 2.54 bits per heavy atom. The Bertz CT molecular complexity index is 1120. The van der Waals surface area contributed by atoms with E-state index in [1.165, 1.54) is 6.07 Å². The Hall–Kier alpha value is -3.55. The number of rotatable bonds is 3. The average Bonchev–Trinajstić information content (AvgIpc) is 3.25. The molecule has 130 valence electrons. The van der Waals surface area contributed by atoms with Crippen molar-refractivity contribution in [2.45, 2.75) is 13.8 Å². The van der Waals surface area contributed by atoms with Gasteiger partial charge < -0.3 is 14.0 Å². The summed E-state index contributed by atoms with van der Waals surface area (Å²) in [6.45, 7) is 3.82. The lowest BCUT2D eigenvalue weighted by atomic mass is 10.1. The molecule has 0 unspecified atom stereocenters. The second-order valence-corrected chi connectivity index (χ2v) is 5.82. The Kier molecular flexibility index (Phi) is 3.54. The summed E-state index contributed by atoms with van der Waals surface area (Å²) in [6.07, 6.45) is 0. The number of halogens is 1. The molecule has 4 aromatic rings. The Labute approximate surface area is 146 Å². The first-order valence-corrected chi connectivity index (χ1v) is 7.68. The zero-order valence-corrected chi connectivity index (χ0v) is 13.8. The summed E-state index contributed by atoms with van der Waals surface area (Å²) in [5, 5.41) is 12.7. The standard InChI is InChI=1S/C18H12FN3O4/c1-8-3-4-9(2)14-13(8)20-16(25-14)17-21-15(22-26-17)10-5-6-11(18(23)24)12(19)7-10/h3-7H,1-2H3,(H,23,24). The second-order valence-electron chi connectivity index (χ2n) is 5.82. The molecule has 2 aromatic heterocycles. The molecule has 0 aliphatic rings. The predicted octanol–water partition coefficient (Wildman–Crippen LogP) is 4.00. The number of carboxylic acids is 1. The predicted molar refractivity (Wildman–Crippen MR) is 89.1 cm³/mol. The van der Waals surface area contributed by atoms with Crippen LogP contribution in [-0.2, 0) is 0 Å². The number of hydrogen-bond acceptors (Lipinski definition) is 6. The van der Waals surface area contributed by atoms with Gasteiger partial charge in [-0.1, -0.05) is 17.3 Å². The molecule has 2 aromatic carbocycles. The Balaban J connectivity index is 1.75. The molecule has 0 spiro atoms. The largest absolute Gasteiger partial charge is 0.478 e. The number of aryl methyl sites for hydroxylation is 2. The van der Waals surface area contributed by atoms with Gasteiger partial charge in [0.05, 0.1) is 5.56 Å². The van der Waals surface area contributed by atoms with Gasteiger partial charge in [-0.2, -0.15) is 4.98 Å². The van der Waals surface area contributed by atoms with Crippen LogP contribution in [0, 0.1) is 19.7 Å². The van der Waals surface area contributed by atoms with Crippen LogP contribution in [0.3, 0.4) is 0 Å². The lowest BCUT2D eigenvalue weighted by Crippen LogP contribution is -2.00. The lowest BCUT2D eigenvalue weighted by Gasteiger charge is -1.98. The molecule has 0 radical (unpaired) electrons. The number of aromatic nitrogens is 3. The molecule has 26 heavy (non-hydrogen) atoms. The number of hydrogen-bond donors (Lipinski definition) is 1. The molecular weight excluding hydrogens is 341 g/mol. The van der Waals surface area contributed by atoms with Crippen LogP contribution in [0.25, 0.3) is 34.3 Å². The van der Waals surface area contributed by atoms with Gasteiger partial charge in [-0.05, 0) is 43.2 Å². The van der Waals surface area contributed by atoms with Gasteiger partial charge in [-0.25, -0.2) is 14.2 Å². The van der Waals surface area contributed by atoms with Crippen LogP contribution < -0.4 is 0 Å². The number of carbonyl (C=O) groups is 1. The van der Waals surface area contributed by atoms with E-state index in [1.54, 1.807) is 0 Å². The summed E-state index contributed by atoms with van der Waals surface area (Å²) in [4.78, 5) is 19.5. The van der Waals surface area contributed by atoms with Crippen LogP contribution in [0.2, 0.25) is 0 Å². The molecule has 7 nitrogen and oxygen atoms in total. The van der Waals surface area contributed by atoms with Crippen molar-refractivity contribution in [2.24, 2.45) is 0 Å². The maximum absolute atomic E-state index is 13.8.